The third kappa shape index (κ3) is 3.04. The number of hydrogen-bond donors (Lipinski definition) is 0. The van der Waals surface area contributed by atoms with Crippen molar-refractivity contribution in [1.29, 1.82) is 0 Å². The molecule has 0 aliphatic carbocycles. The number of amides is 2. The Balaban J connectivity index is 1.63. The number of imide groups is 1. The molecule has 0 bridgehead atoms. The molecule has 4 aromatic carbocycles. The summed E-state index contributed by atoms with van der Waals surface area (Å²) >= 11 is 3.64. The van der Waals surface area contributed by atoms with Crippen LogP contribution in [-0.4, -0.2) is 23.3 Å². The van der Waals surface area contributed by atoms with E-state index in [1.807, 2.05) is 36.4 Å². The average molecular weight is 456 g/mol. The summed E-state index contributed by atoms with van der Waals surface area (Å²) in [5.74, 6) is -0.581. The van der Waals surface area contributed by atoms with Gasteiger partial charge in [0.15, 0.2) is 0 Å². The van der Waals surface area contributed by atoms with Gasteiger partial charge in [0.2, 0.25) is 0 Å². The fourth-order valence-electron chi connectivity index (χ4n) is 4.25. The monoisotopic (exact) mass is 455 g/mol. The van der Waals surface area contributed by atoms with E-state index in [0.29, 0.717) is 17.7 Å². The summed E-state index contributed by atoms with van der Waals surface area (Å²) in [6.07, 6.45) is 0. The van der Waals surface area contributed by atoms with Gasteiger partial charge in [0.1, 0.15) is 0 Å². The Morgan fingerprint density at radius 2 is 1.23 bits per heavy atom. The molecule has 0 unspecified atom stereocenters. The highest BCUT2D eigenvalue weighted by Crippen LogP contribution is 2.36. The summed E-state index contributed by atoms with van der Waals surface area (Å²) in [5, 5.41) is 2.22. The first-order valence-corrected chi connectivity index (χ1v) is 10.6. The first-order valence-electron chi connectivity index (χ1n) is 9.82. The summed E-state index contributed by atoms with van der Waals surface area (Å²) in [6, 6.07) is 29.4. The number of carbonyl (C=O) groups excluding carboxylic acids is 2. The summed E-state index contributed by atoms with van der Waals surface area (Å²) in [4.78, 5) is 27.4. The predicted molar refractivity (Wildman–Crippen MR) is 122 cm³/mol. The standard InChI is InChI=1S/C26H18BrNO2/c27-24-15-14-19(18-10-4-5-11-20(18)24)23(17-8-2-1-3-9-17)16-28-25(29)21-12-6-7-13-22(21)26(28)30/h1-15,23H,16H2/t23-/m1/s1. The van der Waals surface area contributed by atoms with E-state index in [0.717, 1.165) is 26.4 Å². The zero-order valence-corrected chi connectivity index (χ0v) is 17.7. The second-order valence-electron chi connectivity index (χ2n) is 7.41. The molecule has 3 nitrogen and oxygen atoms in total. The molecule has 1 aliphatic rings. The Kier molecular flexibility index (Phi) is 4.72. The van der Waals surface area contributed by atoms with Crippen molar-refractivity contribution in [1.82, 2.24) is 4.90 Å². The Labute approximate surface area is 183 Å². The molecule has 0 aromatic heterocycles. The van der Waals surface area contributed by atoms with Gasteiger partial charge in [-0.25, -0.2) is 0 Å². The lowest BCUT2D eigenvalue weighted by Gasteiger charge is -2.25. The number of rotatable bonds is 4. The first kappa shape index (κ1) is 18.8. The van der Waals surface area contributed by atoms with Gasteiger partial charge in [-0.1, -0.05) is 88.7 Å². The van der Waals surface area contributed by atoms with E-state index in [2.05, 4.69) is 46.3 Å². The van der Waals surface area contributed by atoms with Crippen LogP contribution in [0.25, 0.3) is 10.8 Å². The van der Waals surface area contributed by atoms with Crippen LogP contribution in [0.2, 0.25) is 0 Å². The van der Waals surface area contributed by atoms with Crippen molar-refractivity contribution in [3.05, 3.63) is 118 Å². The molecule has 1 atom stereocenters. The Morgan fingerprint density at radius 3 is 1.90 bits per heavy atom. The second-order valence-corrected chi connectivity index (χ2v) is 8.27. The molecule has 4 aromatic rings. The number of carbonyl (C=O) groups is 2. The minimum absolute atomic E-state index is 0.133. The van der Waals surface area contributed by atoms with Gasteiger partial charge in [-0.3, -0.25) is 14.5 Å². The minimum atomic E-state index is -0.224. The van der Waals surface area contributed by atoms with Crippen LogP contribution in [0.15, 0.2) is 95.5 Å². The molecule has 0 spiro atoms. The van der Waals surface area contributed by atoms with Gasteiger partial charge < -0.3 is 0 Å². The van der Waals surface area contributed by atoms with E-state index >= 15 is 0 Å². The molecule has 0 radical (unpaired) electrons. The molecule has 5 rings (SSSR count). The average Bonchev–Trinajstić information content (AvgIpc) is 3.04. The van der Waals surface area contributed by atoms with Crippen molar-refractivity contribution in [2.24, 2.45) is 0 Å². The molecule has 0 saturated heterocycles. The largest absolute Gasteiger partial charge is 0.273 e. The maximum absolute atomic E-state index is 13.0. The van der Waals surface area contributed by atoms with Crippen molar-refractivity contribution in [3.8, 4) is 0 Å². The molecule has 0 N–H and O–H groups in total. The van der Waals surface area contributed by atoms with Gasteiger partial charge in [-0.05, 0) is 40.1 Å². The third-order valence-corrected chi connectivity index (χ3v) is 6.42. The highest BCUT2D eigenvalue weighted by Gasteiger charge is 2.37. The summed E-state index contributed by atoms with van der Waals surface area (Å²) < 4.78 is 1.02. The highest BCUT2D eigenvalue weighted by molar-refractivity contribution is 9.10. The lowest BCUT2D eigenvalue weighted by atomic mass is 9.87. The van der Waals surface area contributed by atoms with Crippen molar-refractivity contribution in [2.75, 3.05) is 6.54 Å². The van der Waals surface area contributed by atoms with Crippen molar-refractivity contribution < 1.29 is 9.59 Å². The van der Waals surface area contributed by atoms with E-state index in [1.165, 1.54) is 4.90 Å². The van der Waals surface area contributed by atoms with Crippen LogP contribution in [0.1, 0.15) is 37.8 Å². The van der Waals surface area contributed by atoms with Gasteiger partial charge in [0.05, 0.1) is 11.1 Å². The molecule has 2 amide bonds. The maximum atomic E-state index is 13.0. The molecule has 1 heterocycles. The van der Waals surface area contributed by atoms with Gasteiger partial charge in [-0.2, -0.15) is 0 Å². The van der Waals surface area contributed by atoms with Crippen LogP contribution in [0.3, 0.4) is 0 Å². The Morgan fingerprint density at radius 1 is 0.667 bits per heavy atom. The number of hydrogen-bond acceptors (Lipinski definition) is 2. The predicted octanol–water partition coefficient (Wildman–Crippen LogP) is 6.03. The highest BCUT2D eigenvalue weighted by atomic mass is 79.9. The third-order valence-electron chi connectivity index (χ3n) is 5.73. The first-order chi connectivity index (χ1) is 14.6. The Bertz CT molecular complexity index is 1250. The zero-order valence-electron chi connectivity index (χ0n) is 16.1. The number of benzene rings is 4. The number of fused-ring (bicyclic) bond motifs is 2. The minimum Gasteiger partial charge on any atom is -0.273 e. The van der Waals surface area contributed by atoms with Crippen LogP contribution < -0.4 is 0 Å². The van der Waals surface area contributed by atoms with Gasteiger partial charge in [0, 0.05) is 16.9 Å². The summed E-state index contributed by atoms with van der Waals surface area (Å²) in [5.41, 5.74) is 3.13. The quantitative estimate of drug-likeness (QED) is 0.352. The summed E-state index contributed by atoms with van der Waals surface area (Å²) in [6.45, 7) is 0.294. The fraction of sp³-hybridized carbons (Fsp3) is 0.0769. The van der Waals surface area contributed by atoms with E-state index in [4.69, 9.17) is 0 Å². The topological polar surface area (TPSA) is 37.4 Å². The second kappa shape index (κ2) is 7.54. The van der Waals surface area contributed by atoms with Crippen LogP contribution in [0.5, 0.6) is 0 Å². The van der Waals surface area contributed by atoms with Gasteiger partial charge in [-0.15, -0.1) is 0 Å². The van der Waals surface area contributed by atoms with E-state index in [1.54, 1.807) is 24.3 Å². The number of nitrogens with zero attached hydrogens (tertiary/aromatic N) is 1. The fourth-order valence-corrected chi connectivity index (χ4v) is 4.72. The molecule has 0 saturated carbocycles. The zero-order chi connectivity index (χ0) is 20.7. The molecule has 1 aliphatic heterocycles. The normalized spacial score (nSPS) is 14.2. The van der Waals surface area contributed by atoms with Crippen molar-refractivity contribution >= 4 is 38.5 Å². The number of halogens is 1. The molecule has 4 heteroatoms. The van der Waals surface area contributed by atoms with Gasteiger partial charge in [0.25, 0.3) is 11.8 Å². The molecule has 30 heavy (non-hydrogen) atoms. The lowest BCUT2D eigenvalue weighted by molar-refractivity contribution is 0.0649. The van der Waals surface area contributed by atoms with Crippen LogP contribution in [0, 0.1) is 0 Å². The van der Waals surface area contributed by atoms with Crippen molar-refractivity contribution in [2.45, 2.75) is 5.92 Å². The molecular weight excluding hydrogens is 438 g/mol. The Hall–Kier alpha value is -3.24. The van der Waals surface area contributed by atoms with Crippen LogP contribution in [0.4, 0.5) is 0 Å². The summed E-state index contributed by atoms with van der Waals surface area (Å²) in [7, 11) is 0. The van der Waals surface area contributed by atoms with E-state index in [-0.39, 0.29) is 17.7 Å². The van der Waals surface area contributed by atoms with Crippen LogP contribution >= 0.6 is 15.9 Å². The van der Waals surface area contributed by atoms with Crippen LogP contribution in [-0.2, 0) is 0 Å². The smallest absolute Gasteiger partial charge is 0.261 e. The van der Waals surface area contributed by atoms with Crippen molar-refractivity contribution in [3.63, 3.8) is 0 Å². The maximum Gasteiger partial charge on any atom is 0.261 e. The lowest BCUT2D eigenvalue weighted by Crippen LogP contribution is -2.34. The molecule has 146 valence electrons. The SMILES string of the molecule is O=C1c2ccccc2C(=O)N1C[C@H](c1ccccc1)c1ccc(Br)c2ccccc12. The van der Waals surface area contributed by atoms with E-state index in [9.17, 15) is 9.59 Å². The van der Waals surface area contributed by atoms with Gasteiger partial charge >= 0.3 is 0 Å². The van der Waals surface area contributed by atoms with E-state index < -0.39 is 0 Å². The molecular formula is C26H18BrNO2. The molecule has 0 fully saturated rings.